The molecular weight excluding hydrogens is 302 g/mol. The third-order valence-corrected chi connectivity index (χ3v) is 4.67. The van der Waals surface area contributed by atoms with Crippen LogP contribution in [0, 0.1) is 5.92 Å². The molecule has 0 saturated carbocycles. The van der Waals surface area contributed by atoms with Gasteiger partial charge in [-0.25, -0.2) is 0 Å². The van der Waals surface area contributed by atoms with E-state index < -0.39 is 0 Å². The van der Waals surface area contributed by atoms with Crippen molar-refractivity contribution in [2.75, 3.05) is 0 Å². The molecular formula is C10H15Cl3SiTi. The van der Waals surface area contributed by atoms with Crippen LogP contribution in [-0.4, -0.2) is 10.2 Å². The van der Waals surface area contributed by atoms with Crippen molar-refractivity contribution >= 4 is 10.2 Å². The molecule has 2 rings (SSSR count). The van der Waals surface area contributed by atoms with Gasteiger partial charge in [0, 0.05) is 0 Å². The Morgan fingerprint density at radius 2 is 1.80 bits per heavy atom. The molecule has 0 radical (unpaired) electrons. The van der Waals surface area contributed by atoms with Gasteiger partial charge in [-0.15, -0.1) is 0 Å². The number of rotatable bonds is 1. The minimum absolute atomic E-state index is 0. The van der Waals surface area contributed by atoms with Crippen molar-refractivity contribution < 1.29 is 57.7 Å². The van der Waals surface area contributed by atoms with Crippen molar-refractivity contribution in [1.29, 1.82) is 0 Å². The first-order valence-corrected chi connectivity index (χ1v) is 7.17. The van der Waals surface area contributed by atoms with E-state index >= 15 is 0 Å². The quantitative estimate of drug-likeness (QED) is 0.422. The van der Waals surface area contributed by atoms with E-state index in [0.29, 0.717) is 0 Å². The van der Waals surface area contributed by atoms with Crippen LogP contribution >= 0.6 is 0 Å². The molecule has 0 bridgehead atoms. The standard InChI is InChI=1S/C10H15Si.3ClH.Ti/c11-7-9-6-5-8-3-1-2-4-10(8)9;;;;/h5,9H,1-4,7H2,11H3;3*1H;/q;;;;+3/p-3. The molecule has 0 spiro atoms. The van der Waals surface area contributed by atoms with E-state index in [4.69, 9.17) is 0 Å². The minimum atomic E-state index is 0. The summed E-state index contributed by atoms with van der Waals surface area (Å²) in [6.45, 7) is 0. The molecule has 0 heterocycles. The number of hydrogen-bond donors (Lipinski definition) is 0. The third-order valence-electron chi connectivity index (χ3n) is 3.09. The van der Waals surface area contributed by atoms with Crippen molar-refractivity contribution in [3.05, 3.63) is 21.1 Å². The zero-order chi connectivity index (χ0) is 8.55. The predicted molar refractivity (Wildman–Crippen MR) is 51.8 cm³/mol. The van der Waals surface area contributed by atoms with Gasteiger partial charge in [0.25, 0.3) is 0 Å². The third kappa shape index (κ3) is 3.90. The number of allylic oxidation sites excluding steroid dienone is 4. The molecule has 0 aromatic rings. The van der Waals surface area contributed by atoms with Crippen LogP contribution in [0.2, 0.25) is 6.04 Å². The Balaban J connectivity index is 0. The van der Waals surface area contributed by atoms with E-state index in [0.717, 1.165) is 5.92 Å². The van der Waals surface area contributed by atoms with Gasteiger partial charge in [-0.1, -0.05) is 0 Å². The fraction of sp³-hybridized carbons (Fsp3) is 0.600. The second kappa shape index (κ2) is 8.38. The second-order valence-electron chi connectivity index (χ2n) is 3.82. The summed E-state index contributed by atoms with van der Waals surface area (Å²) in [5.74, 6) is 0.881. The Morgan fingerprint density at radius 3 is 2.40 bits per heavy atom. The molecule has 0 fully saturated rings. The van der Waals surface area contributed by atoms with Gasteiger partial charge < -0.3 is 37.2 Å². The van der Waals surface area contributed by atoms with Gasteiger partial charge in [0.05, 0.1) is 0 Å². The molecule has 0 aliphatic heterocycles. The van der Waals surface area contributed by atoms with Crippen molar-refractivity contribution in [2.24, 2.45) is 5.92 Å². The van der Waals surface area contributed by atoms with E-state index in [1.54, 1.807) is 9.45 Å². The predicted octanol–water partition coefficient (Wildman–Crippen LogP) is -7.29. The molecule has 0 aromatic carbocycles. The Bertz CT molecular complexity index is 263. The molecule has 0 amide bonds. The molecule has 0 saturated heterocycles. The molecule has 5 heteroatoms. The first-order valence-electron chi connectivity index (χ1n) is 4.98. The number of hydrogen-bond acceptors (Lipinski definition) is 0. The summed E-state index contributed by atoms with van der Waals surface area (Å²) >= 11 is 2.32. The maximum atomic E-state index is 2.47. The molecule has 1 unspecified atom stereocenters. The zero-order valence-electron chi connectivity index (χ0n) is 8.82. The molecule has 2 aliphatic rings. The summed E-state index contributed by atoms with van der Waals surface area (Å²) in [6, 6.07) is 1.45. The second-order valence-corrected chi connectivity index (χ2v) is 5.54. The Morgan fingerprint density at radius 1 is 1.20 bits per heavy atom. The number of halogens is 3. The van der Waals surface area contributed by atoms with Gasteiger partial charge in [-0.05, 0) is 0 Å². The Labute approximate surface area is 126 Å². The van der Waals surface area contributed by atoms with E-state index in [1.165, 1.54) is 42.0 Å². The SMILES string of the molecule is [Cl-].[Cl-].[Cl-].[SiH3]CC1[C]([Ti+3])=CC2=C1CCCC2. The van der Waals surface area contributed by atoms with Gasteiger partial charge >= 0.3 is 89.4 Å². The normalized spacial score (nSPS) is 23.3. The van der Waals surface area contributed by atoms with Crippen LogP contribution in [0.5, 0.6) is 0 Å². The van der Waals surface area contributed by atoms with Crippen LogP contribution in [0.15, 0.2) is 21.1 Å². The van der Waals surface area contributed by atoms with Crippen LogP contribution < -0.4 is 37.2 Å². The van der Waals surface area contributed by atoms with Crippen LogP contribution in [0.4, 0.5) is 0 Å². The molecule has 15 heavy (non-hydrogen) atoms. The summed E-state index contributed by atoms with van der Waals surface area (Å²) in [4.78, 5) is 0. The van der Waals surface area contributed by atoms with Crippen molar-refractivity contribution in [3.8, 4) is 0 Å². The van der Waals surface area contributed by atoms with Crippen molar-refractivity contribution in [3.63, 3.8) is 0 Å². The van der Waals surface area contributed by atoms with Gasteiger partial charge in [0.15, 0.2) is 0 Å². The van der Waals surface area contributed by atoms with Crippen molar-refractivity contribution in [1.82, 2.24) is 0 Å². The molecule has 2 aliphatic carbocycles. The first-order chi connectivity index (χ1) is 5.83. The summed E-state index contributed by atoms with van der Waals surface area (Å²) in [6.07, 6.45) is 8.10. The van der Waals surface area contributed by atoms with Gasteiger partial charge in [-0.2, -0.15) is 0 Å². The topological polar surface area (TPSA) is 0 Å². The van der Waals surface area contributed by atoms with E-state index in [1.807, 2.05) is 5.57 Å². The molecule has 84 valence electrons. The maximum absolute atomic E-state index is 2.47. The van der Waals surface area contributed by atoms with Crippen molar-refractivity contribution in [2.45, 2.75) is 31.7 Å². The van der Waals surface area contributed by atoms with Crippen LogP contribution in [-0.2, 0) is 20.4 Å². The first kappa shape index (κ1) is 18.6. The summed E-state index contributed by atoms with van der Waals surface area (Å²) in [5.41, 5.74) is 3.52. The summed E-state index contributed by atoms with van der Waals surface area (Å²) < 4.78 is 1.65. The van der Waals surface area contributed by atoms with Crippen LogP contribution in [0.25, 0.3) is 0 Å². The van der Waals surface area contributed by atoms with Crippen LogP contribution in [0.3, 0.4) is 0 Å². The van der Waals surface area contributed by atoms with Gasteiger partial charge in [-0.3, -0.25) is 0 Å². The van der Waals surface area contributed by atoms with E-state index in [-0.39, 0.29) is 37.2 Å². The fourth-order valence-corrected chi connectivity index (χ4v) is 4.89. The summed E-state index contributed by atoms with van der Waals surface area (Å²) in [5, 5.41) is 0. The monoisotopic (exact) mass is 316 g/mol. The molecule has 1 atom stereocenters. The van der Waals surface area contributed by atoms with E-state index in [9.17, 15) is 0 Å². The average Bonchev–Trinajstić information content (AvgIpc) is 2.40. The Kier molecular flexibility index (Phi) is 10.4. The van der Waals surface area contributed by atoms with Gasteiger partial charge in [0.1, 0.15) is 0 Å². The van der Waals surface area contributed by atoms with Crippen LogP contribution in [0.1, 0.15) is 25.7 Å². The molecule has 0 aromatic heterocycles. The van der Waals surface area contributed by atoms with E-state index in [2.05, 4.69) is 26.5 Å². The fourth-order valence-electron chi connectivity index (χ4n) is 2.46. The van der Waals surface area contributed by atoms with Gasteiger partial charge in [0.2, 0.25) is 0 Å². The molecule has 0 N–H and O–H groups in total. The zero-order valence-corrected chi connectivity index (χ0v) is 14.7. The average molecular weight is 318 g/mol. The summed E-state index contributed by atoms with van der Waals surface area (Å²) in [7, 11) is 1.36. The molecule has 0 nitrogen and oxygen atoms in total. The Hall–Kier alpha value is 1.28.